The van der Waals surface area contributed by atoms with Gasteiger partial charge in [0.1, 0.15) is 0 Å². The number of amides is 1. The van der Waals surface area contributed by atoms with Crippen LogP contribution in [0.25, 0.3) is 0 Å². The van der Waals surface area contributed by atoms with Crippen LogP contribution in [0.5, 0.6) is 0 Å². The van der Waals surface area contributed by atoms with Crippen molar-refractivity contribution in [1.29, 1.82) is 0 Å². The number of alkyl halides is 3. The second-order valence-electron chi connectivity index (χ2n) is 4.40. The van der Waals surface area contributed by atoms with Crippen LogP contribution in [-0.2, 0) is 16.0 Å². The van der Waals surface area contributed by atoms with E-state index in [2.05, 4.69) is 0 Å². The quantitative estimate of drug-likeness (QED) is 0.729. The van der Waals surface area contributed by atoms with Crippen LogP contribution >= 0.6 is 0 Å². The zero-order valence-electron chi connectivity index (χ0n) is 10.5. The fraction of sp³-hybridized carbons (Fsp3) is 0.333. The highest BCUT2D eigenvalue weighted by Gasteiger charge is 2.58. The lowest BCUT2D eigenvalue weighted by Crippen LogP contribution is -2.62. The van der Waals surface area contributed by atoms with Crippen molar-refractivity contribution < 1.29 is 27.9 Å². The summed E-state index contributed by atoms with van der Waals surface area (Å²) in [4.78, 5) is 22.3. The number of benzene rings is 1. The molecule has 1 unspecified atom stereocenters. The summed E-state index contributed by atoms with van der Waals surface area (Å²) >= 11 is 0. The first-order chi connectivity index (χ1) is 9.06. The van der Waals surface area contributed by atoms with E-state index in [0.717, 1.165) is 0 Å². The van der Waals surface area contributed by atoms with Crippen molar-refractivity contribution in [1.82, 2.24) is 5.32 Å². The number of aliphatic carboxylic acids is 1. The normalized spacial score (nSPS) is 14.4. The minimum Gasteiger partial charge on any atom is -0.479 e. The first-order valence-corrected chi connectivity index (χ1v) is 5.52. The summed E-state index contributed by atoms with van der Waals surface area (Å²) in [6.07, 6.45) is -5.51. The number of nitrogens with one attached hydrogen (secondary N) is 1. The molecule has 0 aliphatic heterocycles. The van der Waals surface area contributed by atoms with Crippen molar-refractivity contribution in [2.24, 2.45) is 0 Å². The number of carbonyl (C=O) groups is 2. The predicted octanol–water partition coefficient (Wildman–Crippen LogP) is 1.33. The van der Waals surface area contributed by atoms with Gasteiger partial charge in [-0.05, 0) is 24.6 Å². The van der Waals surface area contributed by atoms with Crippen LogP contribution < -0.4 is 11.1 Å². The molecule has 0 saturated carbocycles. The van der Waals surface area contributed by atoms with Crippen LogP contribution in [0.2, 0.25) is 0 Å². The van der Waals surface area contributed by atoms with Crippen molar-refractivity contribution in [3.63, 3.8) is 0 Å². The number of hydrogen-bond acceptors (Lipinski definition) is 3. The highest BCUT2D eigenvalue weighted by molar-refractivity contribution is 5.88. The van der Waals surface area contributed by atoms with Gasteiger partial charge in [-0.1, -0.05) is 12.1 Å². The summed E-state index contributed by atoms with van der Waals surface area (Å²) < 4.78 is 38.1. The van der Waals surface area contributed by atoms with E-state index in [1.165, 1.54) is 23.5 Å². The minimum absolute atomic E-state index is 0.354. The maximum atomic E-state index is 12.7. The highest BCUT2D eigenvalue weighted by Crippen LogP contribution is 2.30. The van der Waals surface area contributed by atoms with E-state index < -0.39 is 30.0 Å². The molecular weight excluding hydrogens is 277 g/mol. The monoisotopic (exact) mass is 290 g/mol. The zero-order valence-corrected chi connectivity index (χ0v) is 10.5. The summed E-state index contributed by atoms with van der Waals surface area (Å²) in [6, 6.07) is 6.02. The minimum atomic E-state index is -5.11. The maximum absolute atomic E-state index is 12.7. The number of carbonyl (C=O) groups excluding carboxylic acids is 1. The molecule has 0 aromatic heterocycles. The van der Waals surface area contributed by atoms with Gasteiger partial charge in [-0.2, -0.15) is 13.2 Å². The smallest absolute Gasteiger partial charge is 0.422 e. The van der Waals surface area contributed by atoms with E-state index >= 15 is 0 Å². The second-order valence-corrected chi connectivity index (χ2v) is 4.40. The van der Waals surface area contributed by atoms with Crippen molar-refractivity contribution >= 4 is 17.6 Å². The summed E-state index contributed by atoms with van der Waals surface area (Å²) in [5.41, 5.74) is 2.88. The lowest BCUT2D eigenvalue weighted by atomic mass is 10.0. The average molecular weight is 290 g/mol. The fourth-order valence-electron chi connectivity index (χ4n) is 1.46. The van der Waals surface area contributed by atoms with E-state index in [-0.39, 0.29) is 0 Å². The van der Waals surface area contributed by atoms with Gasteiger partial charge in [0.25, 0.3) is 0 Å². The molecule has 110 valence electrons. The van der Waals surface area contributed by atoms with E-state index in [9.17, 15) is 22.8 Å². The summed E-state index contributed by atoms with van der Waals surface area (Å²) in [7, 11) is 0. The van der Waals surface area contributed by atoms with Crippen LogP contribution in [0.1, 0.15) is 12.5 Å². The number of hydrogen-bond donors (Lipinski definition) is 3. The van der Waals surface area contributed by atoms with Crippen molar-refractivity contribution in [2.75, 3.05) is 5.73 Å². The zero-order chi connectivity index (χ0) is 15.6. The largest absolute Gasteiger partial charge is 0.479 e. The third kappa shape index (κ3) is 3.40. The summed E-state index contributed by atoms with van der Waals surface area (Å²) in [5.74, 6) is -3.23. The standard InChI is InChI=1S/C12H13F3N2O3/c1-11(10(19)20,12(13,14)15)17-9(18)6-7-3-2-4-8(16)5-7/h2-5H,6,16H2,1H3,(H,17,18)(H,19,20). The molecule has 0 spiro atoms. The molecule has 0 bridgehead atoms. The van der Waals surface area contributed by atoms with Crippen LogP contribution in [0.15, 0.2) is 24.3 Å². The van der Waals surface area contributed by atoms with Gasteiger partial charge in [0.15, 0.2) is 0 Å². The maximum Gasteiger partial charge on any atom is 0.422 e. The van der Waals surface area contributed by atoms with Gasteiger partial charge in [-0.3, -0.25) is 4.79 Å². The molecule has 0 radical (unpaired) electrons. The average Bonchev–Trinajstić information content (AvgIpc) is 2.26. The van der Waals surface area contributed by atoms with Gasteiger partial charge in [-0.15, -0.1) is 0 Å². The number of anilines is 1. The number of nitrogens with two attached hydrogens (primary N) is 1. The highest BCUT2D eigenvalue weighted by atomic mass is 19.4. The van der Waals surface area contributed by atoms with Crippen molar-refractivity contribution in [2.45, 2.75) is 25.1 Å². The Kier molecular flexibility index (Phi) is 4.26. The fourth-order valence-corrected chi connectivity index (χ4v) is 1.46. The van der Waals surface area contributed by atoms with Crippen LogP contribution in [-0.4, -0.2) is 28.7 Å². The van der Waals surface area contributed by atoms with Gasteiger partial charge >= 0.3 is 12.1 Å². The molecule has 0 aliphatic carbocycles. The molecule has 1 aromatic rings. The molecule has 8 heteroatoms. The molecule has 0 fully saturated rings. The van der Waals surface area contributed by atoms with Gasteiger partial charge in [0.2, 0.25) is 11.4 Å². The van der Waals surface area contributed by atoms with E-state index in [4.69, 9.17) is 10.8 Å². The number of halogens is 3. The molecule has 0 aliphatic rings. The molecule has 0 heterocycles. The lowest BCUT2D eigenvalue weighted by Gasteiger charge is -2.28. The molecule has 1 atom stereocenters. The Labute approximate surface area is 112 Å². The first-order valence-electron chi connectivity index (χ1n) is 5.52. The third-order valence-corrected chi connectivity index (χ3v) is 2.70. The van der Waals surface area contributed by atoms with E-state index in [1.54, 1.807) is 6.07 Å². The van der Waals surface area contributed by atoms with Crippen molar-refractivity contribution in [3.8, 4) is 0 Å². The molecule has 5 nitrogen and oxygen atoms in total. The molecule has 1 amide bonds. The Morgan fingerprint density at radius 1 is 1.35 bits per heavy atom. The number of carboxylic acid groups (broad SMARTS) is 1. The Bertz CT molecular complexity index is 531. The first kappa shape index (κ1) is 15.8. The van der Waals surface area contributed by atoms with E-state index in [0.29, 0.717) is 18.2 Å². The summed E-state index contributed by atoms with van der Waals surface area (Å²) in [5, 5.41) is 10.2. The van der Waals surface area contributed by atoms with Crippen molar-refractivity contribution in [3.05, 3.63) is 29.8 Å². The van der Waals surface area contributed by atoms with Gasteiger partial charge in [-0.25, -0.2) is 4.79 Å². The topological polar surface area (TPSA) is 92.4 Å². The molecule has 1 aromatic carbocycles. The molecule has 20 heavy (non-hydrogen) atoms. The molecular formula is C12H13F3N2O3. The van der Waals surface area contributed by atoms with Gasteiger partial charge in [0, 0.05) is 5.69 Å². The lowest BCUT2D eigenvalue weighted by molar-refractivity contribution is -0.206. The Balaban J connectivity index is 2.86. The second kappa shape index (κ2) is 5.40. The van der Waals surface area contributed by atoms with Crippen LogP contribution in [0.4, 0.5) is 18.9 Å². The van der Waals surface area contributed by atoms with Crippen LogP contribution in [0.3, 0.4) is 0 Å². The van der Waals surface area contributed by atoms with E-state index in [1.807, 2.05) is 0 Å². The Morgan fingerprint density at radius 3 is 2.40 bits per heavy atom. The van der Waals surface area contributed by atoms with Crippen LogP contribution in [0, 0.1) is 0 Å². The molecule has 1 rings (SSSR count). The Morgan fingerprint density at radius 2 is 1.95 bits per heavy atom. The number of nitrogen functional groups attached to an aromatic ring is 1. The number of rotatable bonds is 4. The third-order valence-electron chi connectivity index (χ3n) is 2.70. The van der Waals surface area contributed by atoms with Gasteiger partial charge in [0.05, 0.1) is 6.42 Å². The number of carboxylic acids is 1. The summed E-state index contributed by atoms with van der Waals surface area (Å²) in [6.45, 7) is 0.395. The Hall–Kier alpha value is -2.25. The molecule has 4 N–H and O–H groups in total. The van der Waals surface area contributed by atoms with Gasteiger partial charge < -0.3 is 16.2 Å². The molecule has 0 saturated heterocycles. The predicted molar refractivity (Wildman–Crippen MR) is 64.8 cm³/mol. The SMILES string of the molecule is CC(NC(=O)Cc1cccc(N)c1)(C(=O)O)C(F)(F)F.